The summed E-state index contributed by atoms with van der Waals surface area (Å²) in [4.78, 5) is 20.7. The van der Waals surface area contributed by atoms with Gasteiger partial charge in [0.25, 0.3) is 5.91 Å². The average molecular weight is 450 g/mol. The number of fused-ring (bicyclic) bond motifs is 1. The lowest BCUT2D eigenvalue weighted by molar-refractivity contribution is 0.0958. The van der Waals surface area contributed by atoms with Crippen LogP contribution in [0.25, 0.3) is 11.0 Å². The molecule has 0 aliphatic rings. The molecule has 2 aromatic heterocycles. The summed E-state index contributed by atoms with van der Waals surface area (Å²) in [6.45, 7) is 4.34. The molecule has 174 valence electrons. The molecule has 8 nitrogen and oxygen atoms in total. The van der Waals surface area contributed by atoms with Gasteiger partial charge in [-0.05, 0) is 29.7 Å². The largest absolute Gasteiger partial charge is 0.493 e. The topological polar surface area (TPSA) is 90.3 Å². The molecule has 2 N–H and O–H groups in total. The number of pyridine rings is 1. The van der Waals surface area contributed by atoms with E-state index >= 15 is 0 Å². The number of benzene rings is 2. The number of hydrogen-bond acceptors (Lipinski definition) is 6. The molecule has 0 spiro atoms. The second-order valence-corrected chi connectivity index (χ2v) is 7.95. The molecule has 2 aromatic carbocycles. The Morgan fingerprint density at radius 3 is 2.67 bits per heavy atom. The lowest BCUT2D eigenvalue weighted by Crippen LogP contribution is -2.18. The summed E-state index contributed by atoms with van der Waals surface area (Å²) in [6.07, 6.45) is 1.53. The predicted molar refractivity (Wildman–Crippen MR) is 133 cm³/mol. The SMILES string of the molecule is CNC(=O)c1cc(Oc2cc3nc(Nc4cccc(C(C)C)c4)n(C)c3cc2OC)ccn1.[HH].[HH]. The van der Waals surface area contributed by atoms with E-state index in [1.54, 1.807) is 26.3 Å². The lowest BCUT2D eigenvalue weighted by atomic mass is 10.0. The van der Waals surface area contributed by atoms with Gasteiger partial charge >= 0.3 is 0 Å². The van der Waals surface area contributed by atoms with E-state index in [9.17, 15) is 4.79 Å². The Hall–Kier alpha value is -4.07. The van der Waals surface area contributed by atoms with Gasteiger partial charge in [0.1, 0.15) is 11.4 Å². The summed E-state index contributed by atoms with van der Waals surface area (Å²) in [6, 6.07) is 15.3. The molecule has 4 rings (SSSR count). The fourth-order valence-electron chi connectivity index (χ4n) is 3.51. The first-order valence-corrected chi connectivity index (χ1v) is 10.7. The number of nitrogens with one attached hydrogen (secondary N) is 2. The number of rotatable bonds is 7. The van der Waals surface area contributed by atoms with E-state index in [4.69, 9.17) is 14.5 Å². The number of carbonyl (C=O) groups excluding carboxylic acids is 1. The molecule has 0 fully saturated rings. The van der Waals surface area contributed by atoms with Crippen LogP contribution < -0.4 is 20.1 Å². The van der Waals surface area contributed by atoms with Crippen molar-refractivity contribution in [1.82, 2.24) is 19.9 Å². The zero-order chi connectivity index (χ0) is 23.5. The van der Waals surface area contributed by atoms with Crippen LogP contribution in [0.15, 0.2) is 54.7 Å². The van der Waals surface area contributed by atoms with Gasteiger partial charge in [-0.15, -0.1) is 0 Å². The molecule has 0 unspecified atom stereocenters. The van der Waals surface area contributed by atoms with E-state index in [1.165, 1.54) is 11.8 Å². The Kier molecular flexibility index (Phi) is 6.17. The van der Waals surface area contributed by atoms with Crippen LogP contribution in [0.2, 0.25) is 0 Å². The average Bonchev–Trinajstić information content (AvgIpc) is 3.12. The Balaban J connectivity index is 0.00000216. The van der Waals surface area contributed by atoms with E-state index in [2.05, 4.69) is 41.6 Å². The molecule has 0 atom stereocenters. The van der Waals surface area contributed by atoms with Crippen LogP contribution in [0.4, 0.5) is 11.6 Å². The van der Waals surface area contributed by atoms with Crippen molar-refractivity contribution >= 4 is 28.6 Å². The molecule has 0 saturated carbocycles. The van der Waals surface area contributed by atoms with Gasteiger partial charge in [0.15, 0.2) is 11.5 Å². The molecular weight excluding hydrogens is 418 g/mol. The Bertz CT molecular complexity index is 1320. The van der Waals surface area contributed by atoms with Gasteiger partial charge in [-0.1, -0.05) is 26.0 Å². The quantitative estimate of drug-likeness (QED) is 0.388. The first kappa shape index (κ1) is 22.1. The van der Waals surface area contributed by atoms with E-state index in [0.29, 0.717) is 29.1 Å². The molecular formula is C25H31N5O3. The Morgan fingerprint density at radius 1 is 1.12 bits per heavy atom. The zero-order valence-electron chi connectivity index (χ0n) is 19.3. The molecule has 2 heterocycles. The molecule has 4 aromatic rings. The van der Waals surface area contributed by atoms with Crippen LogP contribution in [0.5, 0.6) is 17.2 Å². The molecule has 1 amide bonds. The number of aromatic nitrogens is 3. The second kappa shape index (κ2) is 9.20. The van der Waals surface area contributed by atoms with Crippen LogP contribution in [-0.2, 0) is 7.05 Å². The van der Waals surface area contributed by atoms with Crippen LogP contribution in [-0.4, -0.2) is 34.6 Å². The van der Waals surface area contributed by atoms with Crippen molar-refractivity contribution in [1.29, 1.82) is 0 Å². The molecule has 8 heteroatoms. The lowest BCUT2D eigenvalue weighted by Gasteiger charge is -2.11. The number of methoxy groups -OCH3 is 1. The van der Waals surface area contributed by atoms with Crippen LogP contribution in [0.1, 0.15) is 38.7 Å². The molecule has 0 radical (unpaired) electrons. The highest BCUT2D eigenvalue weighted by molar-refractivity contribution is 5.92. The van der Waals surface area contributed by atoms with E-state index < -0.39 is 0 Å². The summed E-state index contributed by atoms with van der Waals surface area (Å²) in [7, 11) is 5.09. The highest BCUT2D eigenvalue weighted by atomic mass is 16.5. The number of carbonyl (C=O) groups is 1. The monoisotopic (exact) mass is 449 g/mol. The Morgan fingerprint density at radius 2 is 1.94 bits per heavy atom. The smallest absolute Gasteiger partial charge is 0.269 e. The fourth-order valence-corrected chi connectivity index (χ4v) is 3.51. The zero-order valence-corrected chi connectivity index (χ0v) is 19.3. The Labute approximate surface area is 195 Å². The number of ether oxygens (including phenoxy) is 2. The van der Waals surface area contributed by atoms with Gasteiger partial charge in [-0.2, -0.15) is 0 Å². The van der Waals surface area contributed by atoms with Crippen molar-refractivity contribution in [3.05, 3.63) is 66.0 Å². The summed E-state index contributed by atoms with van der Waals surface area (Å²) < 4.78 is 13.6. The van der Waals surface area contributed by atoms with Crippen molar-refractivity contribution in [3.63, 3.8) is 0 Å². The maximum Gasteiger partial charge on any atom is 0.269 e. The van der Waals surface area contributed by atoms with Crippen molar-refractivity contribution in [3.8, 4) is 17.2 Å². The summed E-state index contributed by atoms with van der Waals surface area (Å²) in [5.74, 6) is 2.37. The van der Waals surface area contributed by atoms with Gasteiger partial charge in [-0.25, -0.2) is 4.98 Å². The van der Waals surface area contributed by atoms with E-state index in [1.807, 2.05) is 35.9 Å². The van der Waals surface area contributed by atoms with Crippen molar-refractivity contribution < 1.29 is 17.1 Å². The van der Waals surface area contributed by atoms with Crippen molar-refractivity contribution in [2.75, 3.05) is 19.5 Å². The number of hydrogen-bond donors (Lipinski definition) is 2. The minimum Gasteiger partial charge on any atom is -0.493 e. The third kappa shape index (κ3) is 4.59. The fraction of sp³-hybridized carbons (Fsp3) is 0.240. The standard InChI is InChI=1S/C25H27N5O3.2H2/c1-15(2)16-7-6-8-17(11-16)28-25-29-19-13-23(22(32-5)14-21(19)30(25)4)33-18-9-10-27-20(12-18)24(31)26-3;;/h6-15H,1-5H3,(H,26,31)(H,28,29);2*1H. The third-order valence-electron chi connectivity index (χ3n) is 5.39. The number of anilines is 2. The van der Waals surface area contributed by atoms with Gasteiger partial charge in [-0.3, -0.25) is 9.78 Å². The van der Waals surface area contributed by atoms with Gasteiger partial charge in [0, 0.05) is 47.0 Å². The normalized spacial score (nSPS) is 11.0. The maximum atomic E-state index is 11.9. The molecule has 0 bridgehead atoms. The third-order valence-corrected chi connectivity index (χ3v) is 5.39. The van der Waals surface area contributed by atoms with Gasteiger partial charge < -0.3 is 24.7 Å². The first-order valence-electron chi connectivity index (χ1n) is 10.7. The highest BCUT2D eigenvalue weighted by Crippen LogP contribution is 2.36. The minimum atomic E-state index is -0.287. The van der Waals surface area contributed by atoms with Crippen LogP contribution >= 0.6 is 0 Å². The predicted octanol–water partition coefficient (Wildman–Crippen LogP) is 5.49. The number of aryl methyl sites for hydroxylation is 1. The summed E-state index contributed by atoms with van der Waals surface area (Å²) >= 11 is 0. The highest BCUT2D eigenvalue weighted by Gasteiger charge is 2.16. The number of amides is 1. The summed E-state index contributed by atoms with van der Waals surface area (Å²) in [5, 5.41) is 5.96. The van der Waals surface area contributed by atoms with Crippen LogP contribution in [0.3, 0.4) is 0 Å². The minimum absolute atomic E-state index is 0. The van der Waals surface area contributed by atoms with Gasteiger partial charge in [0.05, 0.1) is 18.1 Å². The molecule has 0 aliphatic carbocycles. The van der Waals surface area contributed by atoms with E-state index in [0.717, 1.165) is 16.7 Å². The number of imidazole rings is 1. The molecule has 0 aliphatic heterocycles. The van der Waals surface area contributed by atoms with Crippen molar-refractivity contribution in [2.24, 2.45) is 7.05 Å². The number of nitrogens with zero attached hydrogens (tertiary/aromatic N) is 3. The molecule has 0 saturated heterocycles. The first-order chi connectivity index (χ1) is 15.9. The second-order valence-electron chi connectivity index (χ2n) is 7.95. The van der Waals surface area contributed by atoms with E-state index in [-0.39, 0.29) is 14.5 Å². The van der Waals surface area contributed by atoms with Crippen molar-refractivity contribution in [2.45, 2.75) is 19.8 Å². The summed E-state index contributed by atoms with van der Waals surface area (Å²) in [5.41, 5.74) is 4.13. The molecule has 33 heavy (non-hydrogen) atoms. The van der Waals surface area contributed by atoms with Gasteiger partial charge in [0.2, 0.25) is 5.95 Å². The van der Waals surface area contributed by atoms with Crippen LogP contribution in [0, 0.1) is 0 Å². The maximum absolute atomic E-state index is 11.9.